The van der Waals surface area contributed by atoms with Crippen LogP contribution in [0.1, 0.15) is 20.8 Å². The molecule has 17 heavy (non-hydrogen) atoms. The SMILES string of the molecule is C[Si](C)C(C)(C)C.OCCN(CCO)CCO. The Hall–Kier alpha value is 0.0569. The van der Waals surface area contributed by atoms with Crippen LogP contribution in [0.25, 0.3) is 0 Å². The lowest BCUT2D eigenvalue weighted by Crippen LogP contribution is -2.32. The Kier molecular flexibility index (Phi) is 12.7. The van der Waals surface area contributed by atoms with Crippen molar-refractivity contribution in [2.75, 3.05) is 39.5 Å². The highest BCUT2D eigenvalue weighted by molar-refractivity contribution is 6.59. The quantitative estimate of drug-likeness (QED) is 0.621. The molecule has 0 unspecified atom stereocenters. The fraction of sp³-hybridized carbons (Fsp3) is 1.00. The van der Waals surface area contributed by atoms with E-state index >= 15 is 0 Å². The highest BCUT2D eigenvalue weighted by Crippen LogP contribution is 2.25. The minimum absolute atomic E-state index is 0.0502. The van der Waals surface area contributed by atoms with Crippen LogP contribution in [-0.4, -0.2) is 68.5 Å². The van der Waals surface area contributed by atoms with Crippen LogP contribution in [0, 0.1) is 0 Å². The van der Waals surface area contributed by atoms with Gasteiger partial charge in [-0.05, 0) is 5.04 Å². The number of aliphatic hydroxyl groups excluding tert-OH is 3. The zero-order chi connectivity index (χ0) is 13.9. The zero-order valence-electron chi connectivity index (χ0n) is 12.0. The Bertz CT molecular complexity index is 146. The maximum absolute atomic E-state index is 8.48. The summed E-state index contributed by atoms with van der Waals surface area (Å²) < 4.78 is 0. The molecular formula is C12H30NO3Si. The van der Waals surface area contributed by atoms with Crippen molar-refractivity contribution in [1.82, 2.24) is 4.90 Å². The number of nitrogens with zero attached hydrogens (tertiary/aromatic N) is 1. The highest BCUT2D eigenvalue weighted by atomic mass is 28.3. The number of hydrogen-bond donors (Lipinski definition) is 3. The molecule has 0 fully saturated rings. The van der Waals surface area contributed by atoms with Crippen molar-refractivity contribution in [1.29, 1.82) is 0 Å². The van der Waals surface area contributed by atoms with Crippen LogP contribution in [0.5, 0.6) is 0 Å². The van der Waals surface area contributed by atoms with E-state index in [1.54, 1.807) is 4.90 Å². The molecule has 0 saturated carbocycles. The van der Waals surface area contributed by atoms with Crippen molar-refractivity contribution >= 4 is 8.80 Å². The van der Waals surface area contributed by atoms with E-state index in [1.807, 2.05) is 0 Å². The maximum Gasteiger partial charge on any atom is 0.0558 e. The summed E-state index contributed by atoms with van der Waals surface area (Å²) in [5.41, 5.74) is 0. The molecule has 3 N–H and O–H groups in total. The highest BCUT2D eigenvalue weighted by Gasteiger charge is 2.15. The van der Waals surface area contributed by atoms with Gasteiger partial charge in [-0.25, -0.2) is 0 Å². The van der Waals surface area contributed by atoms with Gasteiger partial charge in [0.1, 0.15) is 0 Å². The van der Waals surface area contributed by atoms with E-state index in [2.05, 4.69) is 33.9 Å². The van der Waals surface area contributed by atoms with Crippen LogP contribution in [0.15, 0.2) is 0 Å². The van der Waals surface area contributed by atoms with Gasteiger partial charge >= 0.3 is 0 Å². The van der Waals surface area contributed by atoms with Crippen molar-refractivity contribution in [3.8, 4) is 0 Å². The third-order valence-electron chi connectivity index (χ3n) is 2.75. The van der Waals surface area contributed by atoms with Crippen molar-refractivity contribution < 1.29 is 15.3 Å². The topological polar surface area (TPSA) is 63.9 Å². The average Bonchev–Trinajstić information content (AvgIpc) is 2.18. The maximum atomic E-state index is 8.48. The Labute approximate surface area is 108 Å². The lowest BCUT2D eigenvalue weighted by molar-refractivity contribution is 0.136. The second-order valence-corrected chi connectivity index (χ2v) is 8.76. The molecule has 0 aromatic rings. The minimum atomic E-state index is -0.0502. The van der Waals surface area contributed by atoms with E-state index in [1.165, 1.54) is 0 Å². The van der Waals surface area contributed by atoms with Crippen molar-refractivity contribution in [3.05, 3.63) is 0 Å². The van der Waals surface area contributed by atoms with Crippen LogP contribution in [0.4, 0.5) is 0 Å². The first kappa shape index (κ1) is 19.4. The Balaban J connectivity index is 0. The van der Waals surface area contributed by atoms with Gasteiger partial charge in [-0.3, -0.25) is 4.90 Å². The summed E-state index contributed by atoms with van der Waals surface area (Å²) in [4.78, 5) is 1.79. The van der Waals surface area contributed by atoms with Crippen LogP contribution in [0.3, 0.4) is 0 Å². The fourth-order valence-corrected chi connectivity index (χ4v) is 0.760. The molecule has 0 bridgehead atoms. The summed E-state index contributed by atoms with van der Waals surface area (Å²) >= 11 is 0. The molecule has 5 heteroatoms. The number of hydrogen-bond acceptors (Lipinski definition) is 4. The first-order valence-corrected chi connectivity index (χ1v) is 8.65. The van der Waals surface area contributed by atoms with E-state index in [0.717, 1.165) is 0 Å². The van der Waals surface area contributed by atoms with E-state index in [9.17, 15) is 0 Å². The third-order valence-corrected chi connectivity index (χ3v) is 5.75. The van der Waals surface area contributed by atoms with Crippen molar-refractivity contribution in [2.24, 2.45) is 0 Å². The minimum Gasteiger partial charge on any atom is -0.395 e. The first-order valence-electron chi connectivity index (χ1n) is 6.15. The van der Waals surface area contributed by atoms with Gasteiger partial charge in [-0.2, -0.15) is 0 Å². The summed E-state index contributed by atoms with van der Waals surface area (Å²) in [6.45, 7) is 13.4. The average molecular weight is 264 g/mol. The largest absolute Gasteiger partial charge is 0.395 e. The summed E-state index contributed by atoms with van der Waals surface area (Å²) in [6, 6.07) is 0. The van der Waals surface area contributed by atoms with Crippen molar-refractivity contribution in [2.45, 2.75) is 38.9 Å². The normalized spacial score (nSPS) is 11.6. The summed E-state index contributed by atoms with van der Waals surface area (Å²) in [5.74, 6) is 0. The van der Waals surface area contributed by atoms with E-state index in [4.69, 9.17) is 15.3 Å². The van der Waals surface area contributed by atoms with Gasteiger partial charge in [0.25, 0.3) is 0 Å². The molecule has 4 nitrogen and oxygen atoms in total. The molecule has 105 valence electrons. The molecular weight excluding hydrogens is 234 g/mol. The van der Waals surface area contributed by atoms with Crippen LogP contribution in [0.2, 0.25) is 18.1 Å². The van der Waals surface area contributed by atoms with E-state index in [-0.39, 0.29) is 28.6 Å². The van der Waals surface area contributed by atoms with Gasteiger partial charge in [-0.15, -0.1) is 0 Å². The molecule has 0 aliphatic heterocycles. The molecule has 0 aromatic carbocycles. The monoisotopic (exact) mass is 264 g/mol. The molecule has 1 radical (unpaired) electrons. The molecule has 0 aliphatic carbocycles. The van der Waals surface area contributed by atoms with Crippen molar-refractivity contribution in [3.63, 3.8) is 0 Å². The second kappa shape index (κ2) is 11.2. The Morgan fingerprint density at radius 3 is 1.18 bits per heavy atom. The number of rotatable bonds is 6. The standard InChI is InChI=1S/C6H15NO3.C6H15Si/c8-4-1-7(2-5-9)3-6-10;1-6(2,3)7(4)5/h8-10H,1-6H2;1-5H3. The molecule has 0 aliphatic rings. The molecule has 0 aromatic heterocycles. The number of aliphatic hydroxyl groups is 3. The van der Waals surface area contributed by atoms with Gasteiger partial charge in [0.2, 0.25) is 0 Å². The predicted molar refractivity (Wildman–Crippen MR) is 74.9 cm³/mol. The molecule has 0 spiro atoms. The molecule has 0 amide bonds. The van der Waals surface area contributed by atoms with Gasteiger partial charge in [-0.1, -0.05) is 33.9 Å². The van der Waals surface area contributed by atoms with Gasteiger partial charge < -0.3 is 15.3 Å². The van der Waals surface area contributed by atoms with Crippen LogP contribution in [-0.2, 0) is 0 Å². The zero-order valence-corrected chi connectivity index (χ0v) is 13.0. The van der Waals surface area contributed by atoms with Gasteiger partial charge in [0, 0.05) is 28.4 Å². The Morgan fingerprint density at radius 2 is 1.06 bits per heavy atom. The first-order chi connectivity index (χ1) is 7.79. The summed E-state index contributed by atoms with van der Waals surface area (Å²) in [7, 11) is -0.0502. The van der Waals surface area contributed by atoms with Crippen LogP contribution >= 0.6 is 0 Å². The van der Waals surface area contributed by atoms with Gasteiger partial charge in [0.15, 0.2) is 0 Å². The van der Waals surface area contributed by atoms with E-state index < -0.39 is 0 Å². The summed E-state index contributed by atoms with van der Waals surface area (Å²) in [5, 5.41) is 26.1. The molecule has 0 atom stereocenters. The molecule has 0 heterocycles. The molecule has 0 rings (SSSR count). The fourth-order valence-electron chi connectivity index (χ4n) is 0.760. The second-order valence-electron chi connectivity index (χ2n) is 5.26. The lowest BCUT2D eigenvalue weighted by atomic mass is 10.2. The lowest BCUT2D eigenvalue weighted by Gasteiger charge is -2.20. The Morgan fingerprint density at radius 1 is 0.824 bits per heavy atom. The summed E-state index contributed by atoms with van der Waals surface area (Å²) in [6.07, 6.45) is 0. The van der Waals surface area contributed by atoms with Gasteiger partial charge in [0.05, 0.1) is 19.8 Å². The third kappa shape index (κ3) is 14.0. The molecule has 0 saturated heterocycles. The predicted octanol–water partition coefficient (Wildman–Crippen LogP) is 0.806. The smallest absolute Gasteiger partial charge is 0.0558 e. The van der Waals surface area contributed by atoms with E-state index in [0.29, 0.717) is 24.7 Å². The van der Waals surface area contributed by atoms with Crippen LogP contribution < -0.4 is 0 Å².